The molecule has 1 aromatic heterocycles. The zero-order valence-electron chi connectivity index (χ0n) is 24.2. The van der Waals surface area contributed by atoms with Crippen molar-refractivity contribution < 1.29 is 9.59 Å². The van der Waals surface area contributed by atoms with E-state index in [9.17, 15) is 9.59 Å². The monoisotopic (exact) mass is 540 g/mol. The van der Waals surface area contributed by atoms with Gasteiger partial charge in [-0.2, -0.15) is 0 Å². The summed E-state index contributed by atoms with van der Waals surface area (Å²) in [5.41, 5.74) is 6.20. The topological polar surface area (TPSA) is 63.2 Å². The molecule has 3 aromatic rings. The number of fused-ring (bicyclic) bond motifs is 2. The van der Waals surface area contributed by atoms with E-state index in [0.717, 1.165) is 30.9 Å². The molecular weight excluding hydrogens is 500 g/mol. The van der Waals surface area contributed by atoms with Gasteiger partial charge in [0.05, 0.1) is 12.2 Å². The Morgan fingerprint density at radius 2 is 1.68 bits per heavy atom. The highest BCUT2D eigenvalue weighted by atomic mass is 16.2. The lowest BCUT2D eigenvalue weighted by Crippen LogP contribution is -2.49. The molecular formula is C32H40N6O2. The molecule has 210 valence electrons. The fourth-order valence-electron chi connectivity index (χ4n) is 5.83. The SMILES string of the molecule is C=CC(=O)N1CCN(c2cc(C(=O)N(C)CCN(C)C)nc3c2CCN(c2cccc4cccc(C)c24)C3)CC1. The standard InChI is InChI=1S/C32H40N6O2/c1-6-30(39)37-19-17-36(18-20-37)29-21-26(32(40)35(5)16-15-34(3)4)33-27-22-38(14-13-25(27)29)28-12-8-11-24-10-7-9-23(2)31(24)28/h6-12,21H,1,13-20,22H2,2-5H3. The van der Waals surface area contributed by atoms with Gasteiger partial charge in [0.2, 0.25) is 5.91 Å². The van der Waals surface area contributed by atoms with Gasteiger partial charge in [0, 0.05) is 75.2 Å². The second-order valence-corrected chi connectivity index (χ2v) is 11.1. The number of rotatable bonds is 7. The number of nitrogens with zero attached hydrogens (tertiary/aromatic N) is 6. The highest BCUT2D eigenvalue weighted by Crippen LogP contribution is 2.35. The highest BCUT2D eigenvalue weighted by molar-refractivity contribution is 5.97. The third-order valence-electron chi connectivity index (χ3n) is 8.15. The van der Waals surface area contributed by atoms with Crippen molar-refractivity contribution in [2.24, 2.45) is 0 Å². The number of aromatic nitrogens is 1. The minimum Gasteiger partial charge on any atom is -0.368 e. The van der Waals surface area contributed by atoms with E-state index in [2.05, 4.69) is 64.6 Å². The van der Waals surface area contributed by atoms with E-state index in [-0.39, 0.29) is 11.8 Å². The summed E-state index contributed by atoms with van der Waals surface area (Å²) >= 11 is 0. The molecule has 8 nitrogen and oxygen atoms in total. The molecule has 1 fully saturated rings. The van der Waals surface area contributed by atoms with E-state index in [4.69, 9.17) is 4.98 Å². The fourth-order valence-corrected chi connectivity index (χ4v) is 5.83. The summed E-state index contributed by atoms with van der Waals surface area (Å²) in [5.74, 6) is -0.0969. The Morgan fingerprint density at radius 1 is 0.950 bits per heavy atom. The first-order valence-corrected chi connectivity index (χ1v) is 14.1. The van der Waals surface area contributed by atoms with E-state index in [1.165, 1.54) is 33.7 Å². The van der Waals surface area contributed by atoms with Crippen molar-refractivity contribution in [1.29, 1.82) is 0 Å². The van der Waals surface area contributed by atoms with Crippen molar-refractivity contribution in [3.63, 3.8) is 0 Å². The lowest BCUT2D eigenvalue weighted by molar-refractivity contribution is -0.126. The predicted octanol–water partition coefficient (Wildman–Crippen LogP) is 3.57. The van der Waals surface area contributed by atoms with Gasteiger partial charge in [-0.25, -0.2) is 4.98 Å². The maximum absolute atomic E-state index is 13.6. The van der Waals surface area contributed by atoms with Gasteiger partial charge < -0.3 is 24.5 Å². The number of hydrogen-bond donors (Lipinski definition) is 0. The number of anilines is 2. The van der Waals surface area contributed by atoms with E-state index in [1.807, 2.05) is 32.1 Å². The Kier molecular flexibility index (Phi) is 8.07. The van der Waals surface area contributed by atoms with Crippen molar-refractivity contribution in [3.8, 4) is 0 Å². The third kappa shape index (κ3) is 5.54. The molecule has 0 spiro atoms. The summed E-state index contributed by atoms with van der Waals surface area (Å²) in [6, 6.07) is 14.9. The number of likely N-dealkylation sites (N-methyl/N-ethyl adjacent to an activating group) is 2. The molecule has 5 rings (SSSR count). The smallest absolute Gasteiger partial charge is 0.272 e. The molecule has 0 aliphatic carbocycles. The van der Waals surface area contributed by atoms with Crippen molar-refractivity contribution in [1.82, 2.24) is 19.7 Å². The quantitative estimate of drug-likeness (QED) is 0.427. The lowest BCUT2D eigenvalue weighted by atomic mass is 9.97. The van der Waals surface area contributed by atoms with Gasteiger partial charge in [-0.3, -0.25) is 9.59 Å². The van der Waals surface area contributed by atoms with E-state index >= 15 is 0 Å². The van der Waals surface area contributed by atoms with E-state index < -0.39 is 0 Å². The molecule has 0 unspecified atom stereocenters. The second kappa shape index (κ2) is 11.7. The Labute approximate surface area is 237 Å². The van der Waals surface area contributed by atoms with Crippen LogP contribution in [0.15, 0.2) is 55.1 Å². The summed E-state index contributed by atoms with van der Waals surface area (Å²) in [7, 11) is 5.86. The Balaban J connectivity index is 1.50. The first kappa shape index (κ1) is 27.6. The summed E-state index contributed by atoms with van der Waals surface area (Å²) < 4.78 is 0. The van der Waals surface area contributed by atoms with Gasteiger partial charge >= 0.3 is 0 Å². The van der Waals surface area contributed by atoms with Crippen LogP contribution in [0.5, 0.6) is 0 Å². The van der Waals surface area contributed by atoms with Crippen LogP contribution in [0, 0.1) is 6.92 Å². The number of amides is 2. The van der Waals surface area contributed by atoms with Crippen LogP contribution in [0.3, 0.4) is 0 Å². The van der Waals surface area contributed by atoms with Crippen LogP contribution in [0.4, 0.5) is 11.4 Å². The number of pyridine rings is 1. The van der Waals surface area contributed by atoms with E-state index in [1.54, 1.807) is 4.90 Å². The molecule has 8 heteroatoms. The maximum atomic E-state index is 13.6. The minimum absolute atomic E-state index is 0.0317. The van der Waals surface area contributed by atoms with Crippen LogP contribution >= 0.6 is 0 Å². The molecule has 0 radical (unpaired) electrons. The first-order chi connectivity index (χ1) is 19.3. The molecule has 2 aliphatic rings. The number of benzene rings is 2. The lowest BCUT2D eigenvalue weighted by Gasteiger charge is -2.39. The van der Waals surface area contributed by atoms with Crippen molar-refractivity contribution in [2.45, 2.75) is 19.9 Å². The Bertz CT molecular complexity index is 1420. The molecule has 40 heavy (non-hydrogen) atoms. The number of aryl methyl sites for hydroxylation is 1. The van der Waals surface area contributed by atoms with Crippen molar-refractivity contribution in [2.75, 3.05) is 76.8 Å². The van der Waals surface area contributed by atoms with Crippen LogP contribution in [0.1, 0.15) is 27.3 Å². The van der Waals surface area contributed by atoms with Crippen LogP contribution in [-0.2, 0) is 17.8 Å². The van der Waals surface area contributed by atoms with Gasteiger partial charge in [-0.15, -0.1) is 0 Å². The molecule has 0 atom stereocenters. The average Bonchev–Trinajstić information content (AvgIpc) is 2.98. The fraction of sp³-hybridized carbons (Fsp3) is 0.406. The predicted molar refractivity (Wildman–Crippen MR) is 162 cm³/mol. The first-order valence-electron chi connectivity index (χ1n) is 14.1. The summed E-state index contributed by atoms with van der Waals surface area (Å²) in [5, 5.41) is 2.50. The average molecular weight is 541 g/mol. The van der Waals surface area contributed by atoms with Gasteiger partial charge in [0.25, 0.3) is 5.91 Å². The second-order valence-electron chi connectivity index (χ2n) is 11.1. The van der Waals surface area contributed by atoms with Crippen LogP contribution < -0.4 is 9.80 Å². The van der Waals surface area contributed by atoms with Gasteiger partial charge in [0.15, 0.2) is 0 Å². The number of piperazine rings is 1. The number of carbonyl (C=O) groups is 2. The number of carbonyl (C=O) groups excluding carboxylic acids is 2. The van der Waals surface area contributed by atoms with Gasteiger partial charge in [0.1, 0.15) is 5.69 Å². The molecule has 3 heterocycles. The molecule has 2 aliphatic heterocycles. The highest BCUT2D eigenvalue weighted by Gasteiger charge is 2.29. The summed E-state index contributed by atoms with van der Waals surface area (Å²) in [6.45, 7) is 11.4. The summed E-state index contributed by atoms with van der Waals surface area (Å²) in [6.07, 6.45) is 2.23. The van der Waals surface area contributed by atoms with Crippen LogP contribution in [0.25, 0.3) is 10.8 Å². The molecule has 2 aromatic carbocycles. The zero-order valence-corrected chi connectivity index (χ0v) is 24.2. The zero-order chi connectivity index (χ0) is 28.4. The van der Waals surface area contributed by atoms with E-state index in [0.29, 0.717) is 45.0 Å². The van der Waals surface area contributed by atoms with Gasteiger partial charge in [-0.05, 0) is 56.6 Å². The van der Waals surface area contributed by atoms with Crippen molar-refractivity contribution >= 4 is 34.0 Å². The normalized spacial score (nSPS) is 15.4. The molecule has 1 saturated heterocycles. The molecule has 0 N–H and O–H groups in total. The van der Waals surface area contributed by atoms with Gasteiger partial charge in [-0.1, -0.05) is 36.9 Å². The number of hydrogen-bond acceptors (Lipinski definition) is 6. The van der Waals surface area contributed by atoms with Crippen LogP contribution in [-0.4, -0.2) is 98.5 Å². The Morgan fingerprint density at radius 3 is 2.38 bits per heavy atom. The molecule has 0 saturated carbocycles. The largest absolute Gasteiger partial charge is 0.368 e. The third-order valence-corrected chi connectivity index (χ3v) is 8.15. The van der Waals surface area contributed by atoms with Crippen LogP contribution in [0.2, 0.25) is 0 Å². The van der Waals surface area contributed by atoms with Crippen molar-refractivity contribution in [3.05, 3.63) is 77.6 Å². The maximum Gasteiger partial charge on any atom is 0.272 e. The molecule has 0 bridgehead atoms. The summed E-state index contributed by atoms with van der Waals surface area (Å²) in [4.78, 5) is 41.1. The minimum atomic E-state index is -0.0653. The Hall–Kier alpha value is -3.91. The molecule has 2 amide bonds.